The minimum absolute atomic E-state index is 0.251. The molecule has 0 saturated carbocycles. The summed E-state index contributed by atoms with van der Waals surface area (Å²) < 4.78 is 14.4. The molecule has 0 unspecified atom stereocenters. The standard InChI is InChI=1S/C24H17ClIO2/c25-18-6-12-22(13-7-18)28-24-16-10-20(11-17-24)26-19-8-14-23(15-9-19)27-21-4-2-1-3-5-21/h1-17H/q+1. The van der Waals surface area contributed by atoms with Crippen molar-refractivity contribution >= 4 is 11.6 Å². The van der Waals surface area contributed by atoms with Gasteiger partial charge in [0, 0.05) is 5.02 Å². The number of para-hydroxylation sites is 1. The van der Waals surface area contributed by atoms with Crippen molar-refractivity contribution in [3.05, 3.63) is 115 Å². The summed E-state index contributed by atoms with van der Waals surface area (Å²) in [4.78, 5) is 0. The Morgan fingerprint density at radius 2 is 0.857 bits per heavy atom. The Morgan fingerprint density at radius 3 is 1.32 bits per heavy atom. The highest BCUT2D eigenvalue weighted by Crippen LogP contribution is 2.22. The zero-order valence-electron chi connectivity index (χ0n) is 14.9. The lowest BCUT2D eigenvalue weighted by molar-refractivity contribution is -0.597. The predicted octanol–water partition coefficient (Wildman–Crippen LogP) is 4.05. The van der Waals surface area contributed by atoms with Gasteiger partial charge in [0.15, 0.2) is 7.14 Å². The summed E-state index contributed by atoms with van der Waals surface area (Å²) in [5.41, 5.74) is 0. The molecule has 0 N–H and O–H groups in total. The largest absolute Gasteiger partial charge is 0.457 e. The molecule has 4 rings (SSSR count). The smallest absolute Gasteiger partial charge is 0.357 e. The maximum Gasteiger partial charge on any atom is 0.357 e. The second-order valence-corrected chi connectivity index (χ2v) is 9.44. The molecule has 28 heavy (non-hydrogen) atoms. The third-order valence-electron chi connectivity index (χ3n) is 3.87. The molecule has 2 nitrogen and oxygen atoms in total. The number of halogens is 2. The Morgan fingerprint density at radius 1 is 0.464 bits per heavy atom. The second kappa shape index (κ2) is 9.13. The molecule has 0 spiro atoms. The first-order valence-corrected chi connectivity index (χ1v) is 11.3. The summed E-state index contributed by atoms with van der Waals surface area (Å²) in [5.74, 6) is 3.30. The highest BCUT2D eigenvalue weighted by Gasteiger charge is 2.15. The van der Waals surface area contributed by atoms with Gasteiger partial charge in [-0.15, -0.1) is 0 Å². The van der Waals surface area contributed by atoms with Crippen molar-refractivity contribution in [3.63, 3.8) is 0 Å². The SMILES string of the molecule is Clc1ccc(Oc2ccc([I+]c3ccc(Oc4ccccc4)cc3)cc2)cc1. The lowest BCUT2D eigenvalue weighted by Crippen LogP contribution is -3.61. The summed E-state index contributed by atoms with van der Waals surface area (Å²) in [6.45, 7) is 0. The van der Waals surface area contributed by atoms with E-state index in [0.717, 1.165) is 23.0 Å². The molecule has 0 aliphatic heterocycles. The molecule has 4 aromatic carbocycles. The molecule has 0 amide bonds. The van der Waals surface area contributed by atoms with Gasteiger partial charge in [-0.1, -0.05) is 29.8 Å². The molecule has 0 atom stereocenters. The van der Waals surface area contributed by atoms with E-state index in [0.29, 0.717) is 5.02 Å². The Bertz CT molecular complexity index is 1010. The maximum atomic E-state index is 5.90. The molecule has 0 bridgehead atoms. The maximum absolute atomic E-state index is 5.90. The van der Waals surface area contributed by atoms with Gasteiger partial charge in [-0.05, 0) is 84.9 Å². The summed E-state index contributed by atoms with van der Waals surface area (Å²) in [6, 6.07) is 33.8. The first-order chi connectivity index (χ1) is 13.7. The van der Waals surface area contributed by atoms with Crippen molar-refractivity contribution in [2.45, 2.75) is 0 Å². The van der Waals surface area contributed by atoms with Crippen molar-refractivity contribution in [2.75, 3.05) is 0 Å². The van der Waals surface area contributed by atoms with Gasteiger partial charge in [0.1, 0.15) is 23.0 Å². The Balaban J connectivity index is 1.36. The zero-order chi connectivity index (χ0) is 19.2. The first-order valence-electron chi connectivity index (χ1n) is 8.76. The van der Waals surface area contributed by atoms with Gasteiger partial charge in [-0.25, -0.2) is 0 Å². The van der Waals surface area contributed by atoms with Crippen LogP contribution < -0.4 is 30.7 Å². The van der Waals surface area contributed by atoms with Crippen LogP contribution in [0.1, 0.15) is 0 Å². The van der Waals surface area contributed by atoms with Gasteiger partial charge >= 0.3 is 21.2 Å². The minimum Gasteiger partial charge on any atom is -0.457 e. The molecule has 138 valence electrons. The van der Waals surface area contributed by atoms with Crippen molar-refractivity contribution < 1.29 is 30.7 Å². The van der Waals surface area contributed by atoms with Gasteiger partial charge in [-0.2, -0.15) is 0 Å². The molecule has 4 heteroatoms. The first kappa shape index (κ1) is 18.8. The van der Waals surface area contributed by atoms with Crippen LogP contribution in [0.5, 0.6) is 23.0 Å². The fraction of sp³-hybridized carbons (Fsp3) is 0. The molecule has 0 fully saturated rings. The third kappa shape index (κ3) is 5.27. The van der Waals surface area contributed by atoms with Crippen LogP contribution in [0, 0.1) is 7.14 Å². The van der Waals surface area contributed by atoms with Crippen molar-refractivity contribution in [1.29, 1.82) is 0 Å². The topological polar surface area (TPSA) is 18.5 Å². The van der Waals surface area contributed by atoms with Gasteiger partial charge < -0.3 is 9.47 Å². The molecular weight excluding hydrogens is 483 g/mol. The monoisotopic (exact) mass is 499 g/mol. The molecule has 0 radical (unpaired) electrons. The molecule has 0 aromatic heterocycles. The average Bonchev–Trinajstić information content (AvgIpc) is 2.73. The Kier molecular flexibility index (Phi) is 6.14. The summed E-state index contributed by atoms with van der Waals surface area (Å²) in [7, 11) is 0. The number of benzene rings is 4. The second-order valence-electron chi connectivity index (χ2n) is 5.97. The molecule has 0 saturated heterocycles. The highest BCUT2D eigenvalue weighted by atomic mass is 127. The fourth-order valence-corrected chi connectivity index (χ4v) is 4.80. The van der Waals surface area contributed by atoms with Gasteiger partial charge in [0.2, 0.25) is 0 Å². The predicted molar refractivity (Wildman–Crippen MR) is 108 cm³/mol. The quantitative estimate of drug-likeness (QED) is 0.373. The van der Waals surface area contributed by atoms with E-state index in [1.165, 1.54) is 7.14 Å². The van der Waals surface area contributed by atoms with E-state index in [-0.39, 0.29) is 21.2 Å². The normalized spacial score (nSPS) is 10.5. The van der Waals surface area contributed by atoms with Gasteiger partial charge in [0.25, 0.3) is 0 Å². The van der Waals surface area contributed by atoms with Crippen LogP contribution in [0.2, 0.25) is 5.02 Å². The van der Waals surface area contributed by atoms with E-state index in [1.807, 2.05) is 78.9 Å². The van der Waals surface area contributed by atoms with E-state index < -0.39 is 0 Å². The van der Waals surface area contributed by atoms with E-state index in [4.69, 9.17) is 21.1 Å². The average molecular weight is 500 g/mol. The fourth-order valence-electron chi connectivity index (χ4n) is 2.52. The van der Waals surface area contributed by atoms with Crippen LogP contribution >= 0.6 is 11.6 Å². The summed E-state index contributed by atoms with van der Waals surface area (Å²) in [6.07, 6.45) is 0. The highest BCUT2D eigenvalue weighted by molar-refractivity contribution is 6.30. The Hall–Kier alpha value is -2.50. The van der Waals surface area contributed by atoms with Crippen LogP contribution in [-0.4, -0.2) is 0 Å². The van der Waals surface area contributed by atoms with E-state index in [1.54, 1.807) is 0 Å². The van der Waals surface area contributed by atoms with E-state index >= 15 is 0 Å². The molecule has 4 aromatic rings. The lowest BCUT2D eigenvalue weighted by atomic mass is 10.3. The van der Waals surface area contributed by atoms with E-state index in [9.17, 15) is 0 Å². The molecule has 0 aliphatic rings. The van der Waals surface area contributed by atoms with Crippen LogP contribution in [0.25, 0.3) is 0 Å². The number of rotatable bonds is 6. The number of hydrogen-bond donors (Lipinski definition) is 0. The van der Waals surface area contributed by atoms with E-state index in [2.05, 4.69) is 24.3 Å². The summed E-state index contributed by atoms with van der Waals surface area (Å²) >= 11 is 5.65. The number of ether oxygens (including phenoxy) is 2. The third-order valence-corrected chi connectivity index (χ3v) is 6.81. The van der Waals surface area contributed by atoms with Crippen molar-refractivity contribution in [3.8, 4) is 23.0 Å². The van der Waals surface area contributed by atoms with Gasteiger partial charge in [-0.3, -0.25) is 0 Å². The van der Waals surface area contributed by atoms with Crippen LogP contribution in [0.15, 0.2) is 103 Å². The molecule has 0 heterocycles. The van der Waals surface area contributed by atoms with Crippen molar-refractivity contribution in [1.82, 2.24) is 0 Å². The number of hydrogen-bond acceptors (Lipinski definition) is 2. The van der Waals surface area contributed by atoms with Crippen molar-refractivity contribution in [2.24, 2.45) is 0 Å². The zero-order valence-corrected chi connectivity index (χ0v) is 17.8. The van der Waals surface area contributed by atoms with Gasteiger partial charge in [0.05, 0.1) is 0 Å². The summed E-state index contributed by atoms with van der Waals surface area (Å²) in [5, 5.41) is 0.702. The lowest BCUT2D eigenvalue weighted by Gasteiger charge is -2.05. The minimum atomic E-state index is -0.251. The van der Waals surface area contributed by atoms with Crippen LogP contribution in [0.3, 0.4) is 0 Å². The molecular formula is C24H17ClIO2+. The Labute approximate surface area is 180 Å². The molecule has 0 aliphatic carbocycles. The van der Waals surface area contributed by atoms with Crippen LogP contribution in [0.4, 0.5) is 0 Å². The van der Waals surface area contributed by atoms with Crippen LogP contribution in [-0.2, 0) is 0 Å².